The van der Waals surface area contributed by atoms with Crippen LogP contribution in [0.25, 0.3) is 0 Å². The molecule has 0 atom stereocenters. The van der Waals surface area contributed by atoms with Crippen LogP contribution in [0.3, 0.4) is 0 Å². The topological polar surface area (TPSA) is 59.4 Å². The number of carboxylic acids is 1. The maximum Gasteiger partial charge on any atom is 0.338 e. The summed E-state index contributed by atoms with van der Waals surface area (Å²) in [4.78, 5) is 11.6. The molecule has 70 valence electrons. The van der Waals surface area contributed by atoms with E-state index in [9.17, 15) is 4.79 Å². The molecule has 1 aromatic heterocycles. The number of aromatic nitrogens is 1. The first-order valence-electron chi connectivity index (χ1n) is 3.97. The summed E-state index contributed by atoms with van der Waals surface area (Å²) in [6.45, 7) is 2.98. The van der Waals surface area contributed by atoms with E-state index >= 15 is 0 Å². The van der Waals surface area contributed by atoms with E-state index in [1.807, 2.05) is 0 Å². The van der Waals surface area contributed by atoms with Crippen molar-refractivity contribution in [3.05, 3.63) is 16.1 Å². The molecule has 2 rings (SSSR count). The highest BCUT2D eigenvalue weighted by Gasteiger charge is 2.29. The number of aromatic carboxylic acids is 1. The van der Waals surface area contributed by atoms with Gasteiger partial charge in [-0.2, -0.15) is 4.37 Å². The van der Waals surface area contributed by atoms with Gasteiger partial charge in [0.05, 0.1) is 30.4 Å². The molecular formula is C8H9NO3S. The predicted octanol–water partition coefficient (Wildman–Crippen LogP) is 1.26. The minimum atomic E-state index is -0.881. The summed E-state index contributed by atoms with van der Waals surface area (Å²) >= 11 is 1.25. The molecule has 1 aliphatic rings. The molecule has 1 fully saturated rings. The van der Waals surface area contributed by atoms with Crippen molar-refractivity contribution in [2.24, 2.45) is 0 Å². The Morgan fingerprint density at radius 1 is 1.69 bits per heavy atom. The Balaban J connectivity index is 2.38. The lowest BCUT2D eigenvalue weighted by Gasteiger charge is -2.24. The molecule has 0 aliphatic carbocycles. The standard InChI is InChI=1S/C8H9NO3S/c1-4-6(8(10)11)7(9-13-4)5-2-12-3-5/h5H,2-3H2,1H3,(H,10,11). The van der Waals surface area contributed by atoms with E-state index in [1.165, 1.54) is 11.5 Å². The summed E-state index contributed by atoms with van der Waals surface area (Å²) in [5.74, 6) is -0.691. The molecule has 0 spiro atoms. The van der Waals surface area contributed by atoms with Crippen molar-refractivity contribution in [3.63, 3.8) is 0 Å². The molecule has 1 saturated heterocycles. The molecular weight excluding hydrogens is 190 g/mol. The van der Waals surface area contributed by atoms with Crippen LogP contribution < -0.4 is 0 Å². The predicted molar refractivity (Wildman–Crippen MR) is 47.4 cm³/mol. The van der Waals surface area contributed by atoms with E-state index in [1.54, 1.807) is 6.92 Å². The number of carboxylic acid groups (broad SMARTS) is 1. The van der Waals surface area contributed by atoms with Gasteiger partial charge in [0.2, 0.25) is 0 Å². The molecule has 0 saturated carbocycles. The maximum atomic E-state index is 10.9. The average molecular weight is 199 g/mol. The second-order valence-corrected chi connectivity index (χ2v) is 4.02. The summed E-state index contributed by atoms with van der Waals surface area (Å²) in [5.41, 5.74) is 1.07. The molecule has 2 heterocycles. The van der Waals surface area contributed by atoms with E-state index in [-0.39, 0.29) is 5.92 Å². The molecule has 1 aliphatic heterocycles. The molecule has 1 aromatic rings. The summed E-state index contributed by atoms with van der Waals surface area (Å²) in [6.07, 6.45) is 0. The number of aryl methyl sites for hydroxylation is 1. The van der Waals surface area contributed by atoms with Crippen molar-refractivity contribution < 1.29 is 14.6 Å². The summed E-state index contributed by atoms with van der Waals surface area (Å²) in [5, 5.41) is 8.93. The smallest absolute Gasteiger partial charge is 0.338 e. The maximum absolute atomic E-state index is 10.9. The minimum absolute atomic E-state index is 0.191. The van der Waals surface area contributed by atoms with Crippen LogP contribution in [-0.4, -0.2) is 28.7 Å². The summed E-state index contributed by atoms with van der Waals surface area (Å²) in [6, 6.07) is 0. The second kappa shape index (κ2) is 3.08. The Bertz CT molecular complexity index is 343. The number of hydrogen-bond donors (Lipinski definition) is 1. The van der Waals surface area contributed by atoms with E-state index in [0.29, 0.717) is 24.5 Å². The third-order valence-electron chi connectivity index (χ3n) is 2.13. The number of hydrogen-bond acceptors (Lipinski definition) is 4. The molecule has 0 aromatic carbocycles. The summed E-state index contributed by atoms with van der Waals surface area (Å²) < 4.78 is 9.14. The fraction of sp³-hybridized carbons (Fsp3) is 0.500. The zero-order chi connectivity index (χ0) is 9.42. The molecule has 5 heteroatoms. The van der Waals surface area contributed by atoms with Gasteiger partial charge < -0.3 is 9.84 Å². The van der Waals surface area contributed by atoms with Crippen LogP contribution in [0.4, 0.5) is 0 Å². The van der Waals surface area contributed by atoms with Gasteiger partial charge >= 0.3 is 5.97 Å². The third-order valence-corrected chi connectivity index (χ3v) is 2.89. The van der Waals surface area contributed by atoms with Gasteiger partial charge in [-0.1, -0.05) is 0 Å². The lowest BCUT2D eigenvalue weighted by Crippen LogP contribution is -2.27. The van der Waals surface area contributed by atoms with Crippen LogP contribution in [0.15, 0.2) is 0 Å². The Kier molecular flexibility index (Phi) is 2.05. The molecule has 1 N–H and O–H groups in total. The molecule has 13 heavy (non-hydrogen) atoms. The zero-order valence-electron chi connectivity index (χ0n) is 7.11. The lowest BCUT2D eigenvalue weighted by molar-refractivity contribution is 0.00652. The van der Waals surface area contributed by atoms with Crippen molar-refractivity contribution in [1.29, 1.82) is 0 Å². The average Bonchev–Trinajstić information content (AvgIpc) is 2.28. The second-order valence-electron chi connectivity index (χ2n) is 3.04. The highest BCUT2D eigenvalue weighted by Crippen LogP contribution is 2.29. The molecule has 0 radical (unpaired) electrons. The fourth-order valence-corrected chi connectivity index (χ4v) is 2.08. The van der Waals surface area contributed by atoms with Gasteiger partial charge in [0, 0.05) is 4.88 Å². The van der Waals surface area contributed by atoms with Crippen molar-refractivity contribution in [3.8, 4) is 0 Å². The Hall–Kier alpha value is -0.940. The highest BCUT2D eigenvalue weighted by atomic mass is 32.1. The Morgan fingerprint density at radius 3 is 2.85 bits per heavy atom. The largest absolute Gasteiger partial charge is 0.478 e. The Labute approximate surface area is 79.3 Å². The monoisotopic (exact) mass is 199 g/mol. The van der Waals surface area contributed by atoms with E-state index in [2.05, 4.69) is 4.37 Å². The number of rotatable bonds is 2. The highest BCUT2D eigenvalue weighted by molar-refractivity contribution is 7.06. The van der Waals surface area contributed by atoms with Crippen LogP contribution >= 0.6 is 11.5 Å². The lowest BCUT2D eigenvalue weighted by atomic mass is 9.99. The van der Waals surface area contributed by atoms with Crippen LogP contribution in [0.1, 0.15) is 26.8 Å². The normalized spacial score (nSPS) is 17.0. The first-order valence-corrected chi connectivity index (χ1v) is 4.74. The Morgan fingerprint density at radius 2 is 2.38 bits per heavy atom. The van der Waals surface area contributed by atoms with Gasteiger partial charge in [0.15, 0.2) is 0 Å². The van der Waals surface area contributed by atoms with Crippen molar-refractivity contribution in [1.82, 2.24) is 4.37 Å². The van der Waals surface area contributed by atoms with Crippen molar-refractivity contribution in [2.75, 3.05) is 13.2 Å². The van der Waals surface area contributed by atoms with Crippen LogP contribution in [0.2, 0.25) is 0 Å². The van der Waals surface area contributed by atoms with Gasteiger partial charge in [0.25, 0.3) is 0 Å². The number of carbonyl (C=O) groups is 1. The van der Waals surface area contributed by atoms with E-state index in [0.717, 1.165) is 4.88 Å². The fourth-order valence-electron chi connectivity index (χ4n) is 1.32. The molecule has 0 bridgehead atoms. The van der Waals surface area contributed by atoms with Crippen LogP contribution in [-0.2, 0) is 4.74 Å². The first-order chi connectivity index (χ1) is 6.20. The van der Waals surface area contributed by atoms with Crippen LogP contribution in [0, 0.1) is 6.92 Å². The van der Waals surface area contributed by atoms with Gasteiger partial charge in [-0.25, -0.2) is 4.79 Å². The third kappa shape index (κ3) is 1.34. The SMILES string of the molecule is Cc1snc(C2COC2)c1C(=O)O. The molecule has 0 unspecified atom stereocenters. The number of ether oxygens (including phenoxy) is 1. The van der Waals surface area contributed by atoms with Gasteiger partial charge in [0.1, 0.15) is 0 Å². The molecule has 0 amide bonds. The van der Waals surface area contributed by atoms with E-state index < -0.39 is 5.97 Å². The summed E-state index contributed by atoms with van der Waals surface area (Å²) in [7, 11) is 0. The van der Waals surface area contributed by atoms with Crippen molar-refractivity contribution >= 4 is 17.5 Å². The van der Waals surface area contributed by atoms with Crippen LogP contribution in [0.5, 0.6) is 0 Å². The van der Waals surface area contributed by atoms with E-state index in [4.69, 9.17) is 9.84 Å². The van der Waals surface area contributed by atoms with Crippen molar-refractivity contribution in [2.45, 2.75) is 12.8 Å². The number of nitrogens with zero attached hydrogens (tertiary/aromatic N) is 1. The molecule has 4 nitrogen and oxygen atoms in total. The zero-order valence-corrected chi connectivity index (χ0v) is 7.93. The first kappa shape index (κ1) is 8.65. The van der Waals surface area contributed by atoms with Gasteiger partial charge in [-0.3, -0.25) is 0 Å². The van der Waals surface area contributed by atoms with Gasteiger partial charge in [-0.15, -0.1) is 0 Å². The quantitative estimate of drug-likeness (QED) is 0.779. The minimum Gasteiger partial charge on any atom is -0.478 e. The van der Waals surface area contributed by atoms with Gasteiger partial charge in [-0.05, 0) is 18.5 Å².